The van der Waals surface area contributed by atoms with Crippen LogP contribution in [0.1, 0.15) is 35.7 Å². The van der Waals surface area contributed by atoms with Crippen molar-refractivity contribution in [1.82, 2.24) is 9.55 Å². The number of aromatic nitrogens is 2. The van der Waals surface area contributed by atoms with E-state index in [2.05, 4.69) is 27.9 Å². The van der Waals surface area contributed by atoms with Crippen molar-refractivity contribution in [2.45, 2.75) is 32.2 Å². The minimum Gasteiger partial charge on any atom is -0.319 e. The van der Waals surface area contributed by atoms with E-state index < -0.39 is 0 Å². The van der Waals surface area contributed by atoms with E-state index in [1.54, 1.807) is 18.3 Å². The van der Waals surface area contributed by atoms with Crippen molar-refractivity contribution in [2.75, 3.05) is 0 Å². The molecule has 0 saturated heterocycles. The van der Waals surface area contributed by atoms with E-state index >= 15 is 0 Å². The topological polar surface area (TPSA) is 17.8 Å². The SMILES string of the molecule is CCC(c1cccs1)n1c(CCl)nc2cc(F)c(C)cc21. The molecule has 2 nitrogen and oxygen atoms in total. The number of thiophene rings is 1. The molecule has 21 heavy (non-hydrogen) atoms. The quantitative estimate of drug-likeness (QED) is 0.597. The van der Waals surface area contributed by atoms with Crippen LogP contribution in [0.3, 0.4) is 0 Å². The van der Waals surface area contributed by atoms with Crippen molar-refractivity contribution < 1.29 is 4.39 Å². The van der Waals surface area contributed by atoms with Gasteiger partial charge in [0.05, 0.1) is 23.0 Å². The normalized spacial score (nSPS) is 13.0. The lowest BCUT2D eigenvalue weighted by atomic mass is 10.1. The van der Waals surface area contributed by atoms with Crippen molar-refractivity contribution in [3.63, 3.8) is 0 Å². The summed E-state index contributed by atoms with van der Waals surface area (Å²) in [5.41, 5.74) is 2.25. The van der Waals surface area contributed by atoms with Crippen LogP contribution in [0.4, 0.5) is 4.39 Å². The van der Waals surface area contributed by atoms with Crippen LogP contribution in [0, 0.1) is 12.7 Å². The molecule has 1 atom stereocenters. The molecule has 0 fully saturated rings. The molecule has 0 N–H and O–H groups in total. The Morgan fingerprint density at radius 1 is 1.43 bits per heavy atom. The largest absolute Gasteiger partial charge is 0.319 e. The summed E-state index contributed by atoms with van der Waals surface area (Å²) in [6, 6.07) is 7.72. The van der Waals surface area contributed by atoms with Crippen LogP contribution >= 0.6 is 22.9 Å². The van der Waals surface area contributed by atoms with Gasteiger partial charge in [0.2, 0.25) is 0 Å². The summed E-state index contributed by atoms with van der Waals surface area (Å²) in [7, 11) is 0. The Morgan fingerprint density at radius 3 is 2.86 bits per heavy atom. The van der Waals surface area contributed by atoms with E-state index in [9.17, 15) is 4.39 Å². The second-order valence-electron chi connectivity index (χ2n) is 5.06. The first-order valence-corrected chi connectivity index (χ1v) is 8.33. The van der Waals surface area contributed by atoms with Crippen LogP contribution in [0.2, 0.25) is 0 Å². The number of aryl methyl sites for hydroxylation is 1. The maximum atomic E-state index is 13.8. The molecule has 5 heteroatoms. The molecule has 0 radical (unpaired) electrons. The molecular formula is C16H16ClFN2S. The lowest BCUT2D eigenvalue weighted by Crippen LogP contribution is -2.11. The Morgan fingerprint density at radius 2 is 2.24 bits per heavy atom. The molecule has 0 aliphatic heterocycles. The maximum absolute atomic E-state index is 13.8. The first-order chi connectivity index (χ1) is 10.2. The van der Waals surface area contributed by atoms with Crippen molar-refractivity contribution in [3.8, 4) is 0 Å². The number of hydrogen-bond acceptors (Lipinski definition) is 2. The second-order valence-corrected chi connectivity index (χ2v) is 6.31. The predicted octanol–water partition coefficient (Wildman–Crippen LogP) is 5.28. The van der Waals surface area contributed by atoms with Gasteiger partial charge in [0, 0.05) is 10.9 Å². The molecule has 0 saturated carbocycles. The fraction of sp³-hybridized carbons (Fsp3) is 0.312. The molecule has 0 aliphatic rings. The van der Waals surface area contributed by atoms with E-state index in [-0.39, 0.29) is 11.9 Å². The Labute approximate surface area is 132 Å². The summed E-state index contributed by atoms with van der Waals surface area (Å²) >= 11 is 7.80. The highest BCUT2D eigenvalue weighted by molar-refractivity contribution is 7.10. The number of alkyl halides is 1. The summed E-state index contributed by atoms with van der Waals surface area (Å²) < 4.78 is 15.9. The molecular weight excluding hydrogens is 307 g/mol. The third-order valence-electron chi connectivity index (χ3n) is 3.73. The Kier molecular flexibility index (Phi) is 4.00. The smallest absolute Gasteiger partial charge is 0.128 e. The minimum absolute atomic E-state index is 0.189. The van der Waals surface area contributed by atoms with Gasteiger partial charge in [0.15, 0.2) is 0 Å². The summed E-state index contributed by atoms with van der Waals surface area (Å²) in [5, 5.41) is 2.07. The third-order valence-corrected chi connectivity index (χ3v) is 4.95. The van der Waals surface area contributed by atoms with Crippen LogP contribution in [0.5, 0.6) is 0 Å². The molecule has 1 aromatic carbocycles. The van der Waals surface area contributed by atoms with Gasteiger partial charge in [-0.25, -0.2) is 9.37 Å². The number of rotatable bonds is 4. The zero-order valence-electron chi connectivity index (χ0n) is 11.9. The number of hydrogen-bond donors (Lipinski definition) is 0. The van der Waals surface area contributed by atoms with Gasteiger partial charge < -0.3 is 4.57 Å². The summed E-state index contributed by atoms with van der Waals surface area (Å²) in [6.45, 7) is 3.92. The molecule has 2 heterocycles. The van der Waals surface area contributed by atoms with Crippen LogP contribution < -0.4 is 0 Å². The maximum Gasteiger partial charge on any atom is 0.128 e. The first-order valence-electron chi connectivity index (χ1n) is 6.92. The van der Waals surface area contributed by atoms with Gasteiger partial charge in [-0.2, -0.15) is 0 Å². The highest BCUT2D eigenvalue weighted by Crippen LogP contribution is 2.32. The average molecular weight is 323 g/mol. The fourth-order valence-corrected chi connectivity index (χ4v) is 3.79. The van der Waals surface area contributed by atoms with E-state index in [1.165, 1.54) is 10.9 Å². The number of nitrogens with zero attached hydrogens (tertiary/aromatic N) is 2. The van der Waals surface area contributed by atoms with Gasteiger partial charge in [0.1, 0.15) is 11.6 Å². The monoisotopic (exact) mass is 322 g/mol. The average Bonchev–Trinajstić information content (AvgIpc) is 3.10. The number of imidazole rings is 1. The van der Waals surface area contributed by atoms with Crippen molar-refractivity contribution in [2.24, 2.45) is 0 Å². The van der Waals surface area contributed by atoms with Gasteiger partial charge in [-0.15, -0.1) is 22.9 Å². The highest BCUT2D eigenvalue weighted by Gasteiger charge is 2.20. The summed E-state index contributed by atoms with van der Waals surface area (Å²) in [5.74, 6) is 0.881. The Balaban J connectivity index is 2.26. The van der Waals surface area contributed by atoms with Crippen LogP contribution in [-0.4, -0.2) is 9.55 Å². The molecule has 3 aromatic rings. The van der Waals surface area contributed by atoms with Crippen molar-refractivity contribution in [1.29, 1.82) is 0 Å². The predicted molar refractivity (Wildman–Crippen MR) is 86.7 cm³/mol. The summed E-state index contributed by atoms with van der Waals surface area (Å²) in [6.07, 6.45) is 0.937. The van der Waals surface area contributed by atoms with Crippen LogP contribution in [-0.2, 0) is 5.88 Å². The molecule has 0 amide bonds. The molecule has 0 aliphatic carbocycles. The molecule has 3 rings (SSSR count). The van der Waals surface area contributed by atoms with E-state index in [4.69, 9.17) is 11.6 Å². The zero-order chi connectivity index (χ0) is 15.0. The Hall–Kier alpha value is -1.39. The molecule has 110 valence electrons. The number of benzene rings is 1. The molecule has 2 aromatic heterocycles. The number of fused-ring (bicyclic) bond motifs is 1. The van der Waals surface area contributed by atoms with Gasteiger partial charge >= 0.3 is 0 Å². The van der Waals surface area contributed by atoms with Crippen LogP contribution in [0.25, 0.3) is 11.0 Å². The lowest BCUT2D eigenvalue weighted by molar-refractivity contribution is 0.573. The Bertz CT molecular complexity index is 764. The van der Waals surface area contributed by atoms with E-state index in [0.29, 0.717) is 17.0 Å². The zero-order valence-corrected chi connectivity index (χ0v) is 13.5. The minimum atomic E-state index is -0.225. The fourth-order valence-electron chi connectivity index (χ4n) is 2.70. The van der Waals surface area contributed by atoms with E-state index in [1.807, 2.05) is 12.1 Å². The van der Waals surface area contributed by atoms with Gasteiger partial charge in [0.25, 0.3) is 0 Å². The van der Waals surface area contributed by atoms with Gasteiger partial charge in [-0.3, -0.25) is 0 Å². The number of halogens is 2. The lowest BCUT2D eigenvalue weighted by Gasteiger charge is -2.19. The van der Waals surface area contributed by atoms with Gasteiger partial charge in [-0.1, -0.05) is 13.0 Å². The summed E-state index contributed by atoms with van der Waals surface area (Å²) in [4.78, 5) is 5.78. The second kappa shape index (κ2) is 5.78. The molecule has 1 unspecified atom stereocenters. The first kappa shape index (κ1) is 14.5. The molecule has 0 spiro atoms. The van der Waals surface area contributed by atoms with Crippen molar-refractivity contribution in [3.05, 3.63) is 51.7 Å². The van der Waals surface area contributed by atoms with E-state index in [0.717, 1.165) is 17.8 Å². The van der Waals surface area contributed by atoms with Crippen LogP contribution in [0.15, 0.2) is 29.6 Å². The molecule has 0 bridgehead atoms. The van der Waals surface area contributed by atoms with Gasteiger partial charge in [-0.05, 0) is 36.4 Å². The highest BCUT2D eigenvalue weighted by atomic mass is 35.5. The standard InChI is InChI=1S/C16H16ClFN2S/c1-3-13(15-5-4-6-21-15)20-14-7-10(2)11(18)8-12(14)19-16(20)9-17/h4-8,13H,3,9H2,1-2H3. The third kappa shape index (κ3) is 2.47. The van der Waals surface area contributed by atoms with Crippen molar-refractivity contribution >= 4 is 34.0 Å².